The molecule has 0 saturated carbocycles. The highest BCUT2D eigenvalue weighted by molar-refractivity contribution is 7.89. The lowest BCUT2D eigenvalue weighted by Crippen LogP contribution is -2.31. The molecule has 0 aromatic heterocycles. The highest BCUT2D eigenvalue weighted by Gasteiger charge is 2.24. The maximum absolute atomic E-state index is 12.8. The first-order valence-corrected chi connectivity index (χ1v) is 11.5. The normalized spacial score (nSPS) is 15.5. The number of amides is 1. The van der Waals surface area contributed by atoms with Gasteiger partial charge in [0.1, 0.15) is 5.75 Å². The Morgan fingerprint density at radius 1 is 1.03 bits per heavy atom. The number of anilines is 1. The summed E-state index contributed by atoms with van der Waals surface area (Å²) in [5.41, 5.74) is 1.67. The van der Waals surface area contributed by atoms with Crippen molar-refractivity contribution in [1.82, 2.24) is 4.31 Å². The van der Waals surface area contributed by atoms with E-state index in [1.165, 1.54) is 0 Å². The summed E-state index contributed by atoms with van der Waals surface area (Å²) in [5, 5.41) is 2.78. The Bertz CT molecular complexity index is 918. The van der Waals surface area contributed by atoms with Gasteiger partial charge < -0.3 is 10.1 Å². The molecule has 0 atom stereocenters. The fourth-order valence-electron chi connectivity index (χ4n) is 3.33. The molecule has 0 bridgehead atoms. The number of rotatable bonds is 7. The van der Waals surface area contributed by atoms with Crippen LogP contribution >= 0.6 is 0 Å². The molecule has 6 nitrogen and oxygen atoms in total. The van der Waals surface area contributed by atoms with E-state index < -0.39 is 10.0 Å². The molecule has 1 fully saturated rings. The fraction of sp³-hybridized carbons (Fsp3) is 0.409. The summed E-state index contributed by atoms with van der Waals surface area (Å²) in [4.78, 5) is 12.4. The largest absolute Gasteiger partial charge is 0.493 e. The molecule has 1 saturated heterocycles. The molecule has 1 aliphatic rings. The second kappa shape index (κ2) is 9.89. The topological polar surface area (TPSA) is 75.7 Å². The summed E-state index contributed by atoms with van der Waals surface area (Å²) >= 11 is 0. The number of aryl methyl sites for hydroxylation is 1. The van der Waals surface area contributed by atoms with E-state index in [9.17, 15) is 13.2 Å². The van der Waals surface area contributed by atoms with Crippen LogP contribution in [0.1, 0.15) is 37.7 Å². The number of hydrogen-bond donors (Lipinski definition) is 1. The predicted molar refractivity (Wildman–Crippen MR) is 114 cm³/mol. The Morgan fingerprint density at radius 3 is 2.38 bits per heavy atom. The predicted octanol–water partition coefficient (Wildman–Crippen LogP) is 3.97. The van der Waals surface area contributed by atoms with E-state index in [1.807, 2.05) is 31.2 Å². The average Bonchev–Trinajstić information content (AvgIpc) is 2.99. The number of nitrogens with zero attached hydrogens (tertiary/aromatic N) is 1. The average molecular weight is 417 g/mol. The molecule has 2 aromatic carbocycles. The van der Waals surface area contributed by atoms with Gasteiger partial charge in [-0.05, 0) is 61.7 Å². The van der Waals surface area contributed by atoms with Gasteiger partial charge in [0.15, 0.2) is 0 Å². The molecule has 0 spiro atoms. The molecule has 156 valence electrons. The van der Waals surface area contributed by atoms with Gasteiger partial charge >= 0.3 is 0 Å². The van der Waals surface area contributed by atoms with Crippen LogP contribution in [0.15, 0.2) is 53.4 Å². The summed E-state index contributed by atoms with van der Waals surface area (Å²) in [6.45, 7) is 3.40. The highest BCUT2D eigenvalue weighted by Crippen LogP contribution is 2.22. The van der Waals surface area contributed by atoms with Crippen molar-refractivity contribution in [3.05, 3.63) is 54.1 Å². The minimum atomic E-state index is -3.48. The molecule has 29 heavy (non-hydrogen) atoms. The van der Waals surface area contributed by atoms with Crippen LogP contribution in [0.3, 0.4) is 0 Å². The van der Waals surface area contributed by atoms with E-state index in [1.54, 1.807) is 28.6 Å². The molecule has 7 heteroatoms. The summed E-state index contributed by atoms with van der Waals surface area (Å²) in [6.07, 6.45) is 4.16. The van der Waals surface area contributed by atoms with Crippen molar-refractivity contribution < 1.29 is 17.9 Å². The molecule has 0 radical (unpaired) electrons. The molecule has 3 rings (SSSR count). The smallest absolute Gasteiger partial charge is 0.243 e. The first-order valence-electron chi connectivity index (χ1n) is 10.0. The maximum Gasteiger partial charge on any atom is 0.243 e. The van der Waals surface area contributed by atoms with Crippen LogP contribution < -0.4 is 10.1 Å². The van der Waals surface area contributed by atoms with E-state index in [0.29, 0.717) is 18.8 Å². The number of hydrogen-bond acceptors (Lipinski definition) is 4. The zero-order valence-corrected chi connectivity index (χ0v) is 17.6. The molecule has 2 aromatic rings. The summed E-state index contributed by atoms with van der Waals surface area (Å²) in [7, 11) is -3.48. The molecular formula is C22H28N2O4S. The number of carbonyl (C=O) groups is 1. The molecule has 1 heterocycles. The first kappa shape index (κ1) is 21.3. The van der Waals surface area contributed by atoms with Crippen LogP contribution in [0.5, 0.6) is 5.75 Å². The van der Waals surface area contributed by atoms with Crippen LogP contribution in [0.2, 0.25) is 0 Å². The third-order valence-electron chi connectivity index (χ3n) is 4.93. The second-order valence-corrected chi connectivity index (χ2v) is 9.24. The molecule has 1 aliphatic heterocycles. The van der Waals surface area contributed by atoms with Crippen molar-refractivity contribution in [3.63, 3.8) is 0 Å². The Labute approximate surface area is 172 Å². The van der Waals surface area contributed by atoms with Crippen molar-refractivity contribution in [2.45, 2.75) is 43.9 Å². The van der Waals surface area contributed by atoms with Gasteiger partial charge in [-0.25, -0.2) is 8.42 Å². The molecule has 0 unspecified atom stereocenters. The quantitative estimate of drug-likeness (QED) is 0.741. The van der Waals surface area contributed by atoms with E-state index in [0.717, 1.165) is 37.0 Å². The number of carbonyl (C=O) groups excluding carboxylic acids is 1. The monoisotopic (exact) mass is 416 g/mol. The van der Waals surface area contributed by atoms with E-state index >= 15 is 0 Å². The van der Waals surface area contributed by atoms with Crippen LogP contribution in [0, 0.1) is 6.92 Å². The Hall–Kier alpha value is -2.38. The summed E-state index contributed by atoms with van der Waals surface area (Å²) < 4.78 is 32.7. The van der Waals surface area contributed by atoms with Gasteiger partial charge in [0.25, 0.3) is 0 Å². The van der Waals surface area contributed by atoms with Crippen LogP contribution in [-0.2, 0) is 14.8 Å². The second-order valence-electron chi connectivity index (χ2n) is 7.31. The Balaban J connectivity index is 1.52. The van der Waals surface area contributed by atoms with Crippen molar-refractivity contribution in [3.8, 4) is 5.75 Å². The van der Waals surface area contributed by atoms with Crippen LogP contribution in [0.4, 0.5) is 5.69 Å². The van der Waals surface area contributed by atoms with Crippen molar-refractivity contribution >= 4 is 21.6 Å². The van der Waals surface area contributed by atoms with E-state index in [-0.39, 0.29) is 23.8 Å². The number of nitrogens with one attached hydrogen (secondary N) is 1. The lowest BCUT2D eigenvalue weighted by Gasteiger charge is -2.20. The van der Waals surface area contributed by atoms with Crippen molar-refractivity contribution in [1.29, 1.82) is 0 Å². The van der Waals surface area contributed by atoms with E-state index in [4.69, 9.17) is 4.74 Å². The van der Waals surface area contributed by atoms with Gasteiger partial charge in [-0.3, -0.25) is 4.79 Å². The van der Waals surface area contributed by atoms with Gasteiger partial charge in [-0.15, -0.1) is 0 Å². The minimum Gasteiger partial charge on any atom is -0.493 e. The van der Waals surface area contributed by atoms with Crippen molar-refractivity contribution in [2.24, 2.45) is 0 Å². The number of ether oxygens (including phenoxy) is 1. The van der Waals surface area contributed by atoms with Gasteiger partial charge in [-0.2, -0.15) is 4.31 Å². The lowest BCUT2D eigenvalue weighted by molar-refractivity contribution is -0.116. The standard InChI is InChI=1S/C22H28N2O4S/c1-18-7-6-8-20(17-18)28-16-13-22(25)23-19-9-11-21(12-10-19)29(26,27)24-14-4-2-3-5-15-24/h6-12,17H,2-5,13-16H2,1H3,(H,23,25). The van der Waals surface area contributed by atoms with Gasteiger partial charge in [-0.1, -0.05) is 25.0 Å². The lowest BCUT2D eigenvalue weighted by atomic mass is 10.2. The zero-order valence-electron chi connectivity index (χ0n) is 16.8. The minimum absolute atomic E-state index is 0.180. The van der Waals surface area contributed by atoms with Crippen LogP contribution in [0.25, 0.3) is 0 Å². The SMILES string of the molecule is Cc1cccc(OCCC(=O)Nc2ccc(S(=O)(=O)N3CCCCCC3)cc2)c1. The molecule has 1 N–H and O–H groups in total. The van der Waals surface area contributed by atoms with Crippen LogP contribution in [-0.4, -0.2) is 38.3 Å². The fourth-order valence-corrected chi connectivity index (χ4v) is 4.85. The number of sulfonamides is 1. The van der Waals surface area contributed by atoms with Crippen molar-refractivity contribution in [2.75, 3.05) is 25.0 Å². The summed E-state index contributed by atoms with van der Waals surface area (Å²) in [6, 6.07) is 14.0. The maximum atomic E-state index is 12.8. The highest BCUT2D eigenvalue weighted by atomic mass is 32.2. The molecule has 1 amide bonds. The van der Waals surface area contributed by atoms with Gasteiger partial charge in [0.05, 0.1) is 17.9 Å². The summed E-state index contributed by atoms with van der Waals surface area (Å²) in [5.74, 6) is 0.557. The Morgan fingerprint density at radius 2 is 1.72 bits per heavy atom. The molecular weight excluding hydrogens is 388 g/mol. The third kappa shape index (κ3) is 6.05. The van der Waals surface area contributed by atoms with Gasteiger partial charge in [0.2, 0.25) is 15.9 Å². The third-order valence-corrected chi connectivity index (χ3v) is 6.84. The Kier molecular flexibility index (Phi) is 7.28. The first-order chi connectivity index (χ1) is 13.9. The van der Waals surface area contributed by atoms with Gasteiger partial charge in [0, 0.05) is 18.8 Å². The molecule has 0 aliphatic carbocycles. The zero-order chi connectivity index (χ0) is 20.7. The number of benzene rings is 2. The van der Waals surface area contributed by atoms with E-state index in [2.05, 4.69) is 5.32 Å².